The molecule has 0 aliphatic rings. The number of carbonyl (C=O) groups excluding carboxylic acids is 1. The molecular weight excluding hydrogens is 282 g/mol. The minimum Gasteiger partial charge on any atom is -0.507 e. The van der Waals surface area contributed by atoms with Crippen LogP contribution in [0.4, 0.5) is 0 Å². The van der Waals surface area contributed by atoms with Crippen molar-refractivity contribution in [2.75, 3.05) is 0 Å². The number of nitrogens with zero attached hydrogens (tertiary/aromatic N) is 2. The number of benzene rings is 1. The predicted molar refractivity (Wildman–Crippen MR) is 79.3 cm³/mol. The molecule has 0 bridgehead atoms. The highest BCUT2D eigenvalue weighted by Gasteiger charge is 2.13. The van der Waals surface area contributed by atoms with Gasteiger partial charge in [0.1, 0.15) is 18.3 Å². The molecule has 2 heterocycles. The number of ketones is 1. The number of carbonyl (C=O) groups is 1. The third kappa shape index (κ3) is 2.95. The zero-order valence-corrected chi connectivity index (χ0v) is 11.6. The van der Waals surface area contributed by atoms with Gasteiger partial charge in [-0.15, -0.1) is 0 Å². The molecule has 0 unspecified atom stereocenters. The molecular formula is C16H13N3O3. The van der Waals surface area contributed by atoms with Crippen molar-refractivity contribution in [2.24, 2.45) is 0 Å². The number of hydrogen-bond acceptors (Lipinski definition) is 5. The zero-order valence-electron chi connectivity index (χ0n) is 11.6. The molecule has 0 aliphatic heterocycles. The van der Waals surface area contributed by atoms with Crippen LogP contribution in [0.2, 0.25) is 0 Å². The van der Waals surface area contributed by atoms with E-state index in [0.29, 0.717) is 12.0 Å². The highest BCUT2D eigenvalue weighted by atomic mass is 16.3. The molecule has 0 saturated heterocycles. The summed E-state index contributed by atoms with van der Waals surface area (Å²) < 4.78 is 5.16. The second kappa shape index (κ2) is 6.09. The van der Waals surface area contributed by atoms with Gasteiger partial charge in [-0.3, -0.25) is 9.89 Å². The first-order valence-corrected chi connectivity index (χ1v) is 6.64. The van der Waals surface area contributed by atoms with E-state index >= 15 is 0 Å². The lowest BCUT2D eigenvalue weighted by Crippen LogP contribution is -2.00. The maximum atomic E-state index is 11.9. The summed E-state index contributed by atoms with van der Waals surface area (Å²) in [7, 11) is 0. The lowest BCUT2D eigenvalue weighted by Gasteiger charge is -2.02. The molecule has 3 rings (SSSR count). The molecule has 3 aromatic rings. The van der Waals surface area contributed by atoms with Gasteiger partial charge in [0.25, 0.3) is 0 Å². The number of aromatic amines is 1. The van der Waals surface area contributed by atoms with E-state index in [4.69, 9.17) is 4.42 Å². The molecule has 6 nitrogen and oxygen atoms in total. The Morgan fingerprint density at radius 2 is 2.09 bits per heavy atom. The third-order valence-corrected chi connectivity index (χ3v) is 3.17. The molecule has 22 heavy (non-hydrogen) atoms. The van der Waals surface area contributed by atoms with Crippen LogP contribution in [-0.2, 0) is 6.42 Å². The van der Waals surface area contributed by atoms with E-state index in [1.54, 1.807) is 6.26 Å². The first-order chi connectivity index (χ1) is 10.7. The van der Waals surface area contributed by atoms with Crippen LogP contribution >= 0.6 is 0 Å². The summed E-state index contributed by atoms with van der Waals surface area (Å²) in [5.74, 6) is -0.553. The summed E-state index contributed by atoms with van der Waals surface area (Å²) in [6.45, 7) is 0. The van der Waals surface area contributed by atoms with Gasteiger partial charge >= 0.3 is 0 Å². The Balaban J connectivity index is 1.83. The average molecular weight is 295 g/mol. The lowest BCUT2D eigenvalue weighted by atomic mass is 10.0. The Kier molecular flexibility index (Phi) is 3.82. The van der Waals surface area contributed by atoms with Crippen LogP contribution in [0.3, 0.4) is 0 Å². The zero-order chi connectivity index (χ0) is 15.4. The molecule has 1 aromatic carbocycles. The summed E-state index contributed by atoms with van der Waals surface area (Å²) >= 11 is 0. The maximum Gasteiger partial charge on any atom is 0.226 e. The Morgan fingerprint density at radius 1 is 1.27 bits per heavy atom. The SMILES string of the molecule is O=C(C=C(O)c1cocc1Cc1ccccc1)c1ncn[nH]1. The number of rotatable bonds is 5. The van der Waals surface area contributed by atoms with E-state index in [0.717, 1.165) is 17.2 Å². The number of furan rings is 1. The first kappa shape index (κ1) is 13.8. The summed E-state index contributed by atoms with van der Waals surface area (Å²) in [5, 5.41) is 16.2. The van der Waals surface area contributed by atoms with Crippen LogP contribution in [0.5, 0.6) is 0 Å². The largest absolute Gasteiger partial charge is 0.507 e. The van der Waals surface area contributed by atoms with Crippen molar-refractivity contribution in [2.45, 2.75) is 6.42 Å². The smallest absolute Gasteiger partial charge is 0.226 e. The molecule has 6 heteroatoms. The number of nitrogens with one attached hydrogen (secondary N) is 1. The van der Waals surface area contributed by atoms with Crippen molar-refractivity contribution in [1.29, 1.82) is 0 Å². The van der Waals surface area contributed by atoms with Gasteiger partial charge in [0.2, 0.25) is 5.78 Å². The summed E-state index contributed by atoms with van der Waals surface area (Å²) in [6, 6.07) is 9.79. The number of aromatic nitrogens is 3. The molecule has 0 saturated carbocycles. The molecule has 0 radical (unpaired) electrons. The van der Waals surface area contributed by atoms with Crippen molar-refractivity contribution < 1.29 is 14.3 Å². The normalized spacial score (nSPS) is 11.5. The van der Waals surface area contributed by atoms with Gasteiger partial charge in [0, 0.05) is 18.1 Å². The van der Waals surface area contributed by atoms with E-state index in [9.17, 15) is 9.90 Å². The summed E-state index contributed by atoms with van der Waals surface area (Å²) in [6.07, 6.45) is 5.90. The van der Waals surface area contributed by atoms with E-state index in [2.05, 4.69) is 15.2 Å². The fourth-order valence-electron chi connectivity index (χ4n) is 2.10. The lowest BCUT2D eigenvalue weighted by molar-refractivity contribution is 0.103. The van der Waals surface area contributed by atoms with Crippen molar-refractivity contribution in [3.8, 4) is 0 Å². The fraction of sp³-hybridized carbons (Fsp3) is 0.0625. The Morgan fingerprint density at radius 3 is 2.82 bits per heavy atom. The van der Waals surface area contributed by atoms with E-state index in [1.807, 2.05) is 30.3 Å². The minimum absolute atomic E-state index is 0.0691. The molecule has 0 atom stereocenters. The molecule has 0 amide bonds. The number of aliphatic hydroxyl groups excluding tert-OH is 1. The average Bonchev–Trinajstić information content (AvgIpc) is 3.19. The van der Waals surface area contributed by atoms with Crippen LogP contribution in [0.1, 0.15) is 27.3 Å². The van der Waals surface area contributed by atoms with Crippen molar-refractivity contribution >= 4 is 11.5 Å². The maximum absolute atomic E-state index is 11.9. The minimum atomic E-state index is -0.457. The highest BCUT2D eigenvalue weighted by Crippen LogP contribution is 2.22. The molecule has 0 spiro atoms. The van der Waals surface area contributed by atoms with Gasteiger partial charge in [-0.25, -0.2) is 4.98 Å². The number of aliphatic hydroxyl groups is 1. The van der Waals surface area contributed by atoms with Crippen molar-refractivity contribution in [1.82, 2.24) is 15.2 Å². The quantitative estimate of drug-likeness (QED) is 0.429. The summed E-state index contributed by atoms with van der Waals surface area (Å²) in [5.41, 5.74) is 2.36. The highest BCUT2D eigenvalue weighted by molar-refractivity contribution is 6.05. The van der Waals surface area contributed by atoms with Crippen molar-refractivity contribution in [3.05, 3.63) is 77.8 Å². The molecule has 2 aromatic heterocycles. The van der Waals surface area contributed by atoms with Gasteiger partial charge in [-0.1, -0.05) is 30.3 Å². The summed E-state index contributed by atoms with van der Waals surface area (Å²) in [4.78, 5) is 15.6. The third-order valence-electron chi connectivity index (χ3n) is 3.17. The van der Waals surface area contributed by atoms with Gasteiger partial charge in [0.05, 0.1) is 11.8 Å². The van der Waals surface area contributed by atoms with Gasteiger partial charge in [-0.05, 0) is 5.56 Å². The van der Waals surface area contributed by atoms with E-state index in [-0.39, 0.29) is 11.6 Å². The van der Waals surface area contributed by atoms with E-state index < -0.39 is 5.78 Å². The molecule has 0 fully saturated rings. The second-order valence-corrected chi connectivity index (χ2v) is 4.70. The Bertz CT molecular complexity index is 789. The fourth-order valence-corrected chi connectivity index (χ4v) is 2.10. The standard InChI is InChI=1S/C16H13N3O3/c20-14(7-15(21)16-17-10-18-19-16)13-9-22-8-12(13)6-11-4-2-1-3-5-11/h1-5,7-10,20H,6H2,(H,17,18,19). The van der Waals surface area contributed by atoms with Gasteiger partial charge < -0.3 is 9.52 Å². The Hall–Kier alpha value is -3.15. The second-order valence-electron chi connectivity index (χ2n) is 4.70. The van der Waals surface area contributed by atoms with Crippen molar-refractivity contribution in [3.63, 3.8) is 0 Å². The number of H-pyrrole nitrogens is 1. The van der Waals surface area contributed by atoms with Crippen LogP contribution in [0.25, 0.3) is 5.76 Å². The number of hydrogen-bond donors (Lipinski definition) is 2. The number of allylic oxidation sites excluding steroid dienone is 1. The van der Waals surface area contributed by atoms with Crippen LogP contribution in [-0.4, -0.2) is 26.1 Å². The first-order valence-electron chi connectivity index (χ1n) is 6.64. The van der Waals surface area contributed by atoms with Gasteiger partial charge in [-0.2, -0.15) is 5.10 Å². The molecule has 0 aliphatic carbocycles. The monoisotopic (exact) mass is 295 g/mol. The predicted octanol–water partition coefficient (Wildman–Crippen LogP) is 2.77. The van der Waals surface area contributed by atoms with E-state index in [1.165, 1.54) is 12.6 Å². The Labute approximate surface area is 126 Å². The topological polar surface area (TPSA) is 92.0 Å². The van der Waals surface area contributed by atoms with Crippen LogP contribution < -0.4 is 0 Å². The van der Waals surface area contributed by atoms with Crippen LogP contribution in [0.15, 0.2) is 59.7 Å². The molecule has 2 N–H and O–H groups in total. The van der Waals surface area contributed by atoms with Crippen LogP contribution in [0, 0.1) is 0 Å². The molecule has 110 valence electrons. The van der Waals surface area contributed by atoms with Gasteiger partial charge in [0.15, 0.2) is 5.82 Å².